The molecule has 0 spiro atoms. The molecule has 0 aromatic heterocycles. The van der Waals surface area contributed by atoms with Gasteiger partial charge >= 0.3 is 0 Å². The molecule has 1 saturated carbocycles. The van der Waals surface area contributed by atoms with Gasteiger partial charge in [0.1, 0.15) is 0 Å². The Kier molecular flexibility index (Phi) is 3.46. The first kappa shape index (κ1) is 11.0. The van der Waals surface area contributed by atoms with Crippen LogP contribution in [0.2, 0.25) is 0 Å². The van der Waals surface area contributed by atoms with E-state index in [1.165, 1.54) is 38.5 Å². The van der Waals surface area contributed by atoms with Crippen LogP contribution in [-0.4, -0.2) is 49.5 Å². The number of nitrogens with zero attached hydrogens (tertiary/aromatic N) is 1. The maximum atomic E-state index is 5.89. The van der Waals surface area contributed by atoms with Crippen molar-refractivity contribution in [2.45, 2.75) is 56.8 Å². The molecule has 1 aliphatic carbocycles. The summed E-state index contributed by atoms with van der Waals surface area (Å²) >= 11 is 0. The topological polar surface area (TPSA) is 21.7 Å². The van der Waals surface area contributed by atoms with Crippen LogP contribution in [0.25, 0.3) is 0 Å². The molecule has 16 heavy (non-hydrogen) atoms. The molecular weight excluding hydrogens is 202 g/mol. The summed E-state index contributed by atoms with van der Waals surface area (Å²) in [5.74, 6) is 0. The molecule has 3 nitrogen and oxygen atoms in total. The molecule has 2 saturated heterocycles. The summed E-state index contributed by atoms with van der Waals surface area (Å²) in [6.07, 6.45) is 8.87. The third-order valence-electron chi connectivity index (χ3n) is 4.31. The first-order valence-electron chi connectivity index (χ1n) is 6.91. The Morgan fingerprint density at radius 1 is 0.938 bits per heavy atom. The average Bonchev–Trinajstić information content (AvgIpc) is 2.82. The largest absolute Gasteiger partial charge is 0.377 e. The number of hydrogen-bond donors (Lipinski definition) is 0. The molecule has 0 aromatic carbocycles. The SMILES string of the molecule is C1CO[C@H](CN2CCO[C@@H]3CCCC[C@@H]32)C1. The van der Waals surface area contributed by atoms with Gasteiger partial charge in [-0.1, -0.05) is 12.8 Å². The molecule has 2 heterocycles. The average molecular weight is 225 g/mol. The van der Waals surface area contributed by atoms with E-state index in [-0.39, 0.29) is 0 Å². The smallest absolute Gasteiger partial charge is 0.0730 e. The Hall–Kier alpha value is -0.120. The predicted octanol–water partition coefficient (Wildman–Crippen LogP) is 1.81. The van der Waals surface area contributed by atoms with Crippen LogP contribution in [0.4, 0.5) is 0 Å². The minimum atomic E-state index is 0.501. The van der Waals surface area contributed by atoms with Gasteiger partial charge in [0.05, 0.1) is 18.8 Å². The maximum Gasteiger partial charge on any atom is 0.0730 e. The monoisotopic (exact) mass is 225 g/mol. The van der Waals surface area contributed by atoms with Gasteiger partial charge in [-0.2, -0.15) is 0 Å². The molecule has 3 aliphatic rings. The molecule has 92 valence electrons. The lowest BCUT2D eigenvalue weighted by molar-refractivity contribution is -0.0983. The highest BCUT2D eigenvalue weighted by molar-refractivity contribution is 4.88. The van der Waals surface area contributed by atoms with Crippen molar-refractivity contribution in [2.75, 3.05) is 26.3 Å². The highest BCUT2D eigenvalue weighted by Crippen LogP contribution is 2.29. The molecule has 0 bridgehead atoms. The fraction of sp³-hybridized carbons (Fsp3) is 1.00. The van der Waals surface area contributed by atoms with Gasteiger partial charge in [-0.15, -0.1) is 0 Å². The molecule has 0 N–H and O–H groups in total. The quantitative estimate of drug-likeness (QED) is 0.715. The van der Waals surface area contributed by atoms with Crippen LogP contribution in [0.3, 0.4) is 0 Å². The van der Waals surface area contributed by atoms with Crippen molar-refractivity contribution < 1.29 is 9.47 Å². The summed E-state index contributed by atoms with van der Waals surface area (Å²) in [5, 5.41) is 0. The third-order valence-corrected chi connectivity index (χ3v) is 4.31. The molecular formula is C13H23NO2. The number of fused-ring (bicyclic) bond motifs is 1. The summed E-state index contributed by atoms with van der Waals surface area (Å²) in [6, 6.07) is 0.687. The Labute approximate surface area is 98.1 Å². The highest BCUT2D eigenvalue weighted by atomic mass is 16.5. The maximum absolute atomic E-state index is 5.89. The van der Waals surface area contributed by atoms with Crippen LogP contribution in [0.5, 0.6) is 0 Å². The highest BCUT2D eigenvalue weighted by Gasteiger charge is 2.35. The van der Waals surface area contributed by atoms with E-state index in [1.54, 1.807) is 0 Å². The Bertz CT molecular complexity index is 226. The van der Waals surface area contributed by atoms with E-state index >= 15 is 0 Å². The zero-order chi connectivity index (χ0) is 10.8. The van der Waals surface area contributed by atoms with Crippen LogP contribution in [0, 0.1) is 0 Å². The van der Waals surface area contributed by atoms with Crippen molar-refractivity contribution in [3.63, 3.8) is 0 Å². The fourth-order valence-corrected chi connectivity index (χ4v) is 3.45. The van der Waals surface area contributed by atoms with Crippen molar-refractivity contribution in [3.05, 3.63) is 0 Å². The molecule has 0 amide bonds. The van der Waals surface area contributed by atoms with Gasteiger partial charge in [-0.25, -0.2) is 0 Å². The normalized spacial score (nSPS) is 40.9. The van der Waals surface area contributed by atoms with Crippen LogP contribution in [-0.2, 0) is 9.47 Å². The Morgan fingerprint density at radius 2 is 1.88 bits per heavy atom. The lowest BCUT2D eigenvalue weighted by Gasteiger charge is -2.44. The zero-order valence-electron chi connectivity index (χ0n) is 10.1. The summed E-state index contributed by atoms with van der Waals surface area (Å²) in [7, 11) is 0. The Morgan fingerprint density at radius 3 is 2.75 bits per heavy atom. The van der Waals surface area contributed by atoms with Crippen molar-refractivity contribution in [1.82, 2.24) is 4.90 Å². The van der Waals surface area contributed by atoms with Gasteiger partial charge in [-0.05, 0) is 25.7 Å². The van der Waals surface area contributed by atoms with Crippen molar-refractivity contribution >= 4 is 0 Å². The van der Waals surface area contributed by atoms with Crippen LogP contribution >= 0.6 is 0 Å². The minimum absolute atomic E-state index is 0.501. The van der Waals surface area contributed by atoms with Gasteiger partial charge in [0.2, 0.25) is 0 Å². The lowest BCUT2D eigenvalue weighted by Crippen LogP contribution is -2.54. The first-order chi connectivity index (χ1) is 7.93. The second-order valence-corrected chi connectivity index (χ2v) is 5.39. The fourth-order valence-electron chi connectivity index (χ4n) is 3.45. The van der Waals surface area contributed by atoms with E-state index in [2.05, 4.69) is 4.90 Å². The first-order valence-corrected chi connectivity index (χ1v) is 6.91. The number of morpholine rings is 1. The Balaban J connectivity index is 1.59. The zero-order valence-corrected chi connectivity index (χ0v) is 10.1. The van der Waals surface area contributed by atoms with Crippen LogP contribution in [0.15, 0.2) is 0 Å². The van der Waals surface area contributed by atoms with Gasteiger partial charge in [0.25, 0.3) is 0 Å². The second kappa shape index (κ2) is 5.03. The second-order valence-electron chi connectivity index (χ2n) is 5.39. The van der Waals surface area contributed by atoms with Gasteiger partial charge in [-0.3, -0.25) is 4.90 Å². The standard InChI is InChI=1S/C13H23NO2/c1-2-6-13-12(5-1)14(7-9-16-13)10-11-4-3-8-15-11/h11-13H,1-10H2/t11-,12-,13+/m0/s1. The van der Waals surface area contributed by atoms with E-state index < -0.39 is 0 Å². The molecule has 0 radical (unpaired) electrons. The van der Waals surface area contributed by atoms with Crippen molar-refractivity contribution in [3.8, 4) is 0 Å². The summed E-state index contributed by atoms with van der Waals surface area (Å²) in [4.78, 5) is 2.64. The summed E-state index contributed by atoms with van der Waals surface area (Å²) in [5.41, 5.74) is 0. The molecule has 0 unspecified atom stereocenters. The van der Waals surface area contributed by atoms with E-state index in [1.807, 2.05) is 0 Å². The molecule has 0 aromatic rings. The van der Waals surface area contributed by atoms with E-state index in [0.717, 1.165) is 26.3 Å². The minimum Gasteiger partial charge on any atom is -0.377 e. The van der Waals surface area contributed by atoms with E-state index in [9.17, 15) is 0 Å². The van der Waals surface area contributed by atoms with Crippen molar-refractivity contribution in [2.24, 2.45) is 0 Å². The van der Waals surface area contributed by atoms with E-state index in [0.29, 0.717) is 18.2 Å². The summed E-state index contributed by atoms with van der Waals surface area (Å²) < 4.78 is 11.6. The molecule has 3 rings (SSSR count). The van der Waals surface area contributed by atoms with Crippen LogP contribution < -0.4 is 0 Å². The van der Waals surface area contributed by atoms with Crippen molar-refractivity contribution in [1.29, 1.82) is 0 Å². The predicted molar refractivity (Wildman–Crippen MR) is 62.5 cm³/mol. The number of hydrogen-bond acceptors (Lipinski definition) is 3. The molecule has 3 atom stereocenters. The molecule has 2 aliphatic heterocycles. The van der Waals surface area contributed by atoms with Gasteiger partial charge < -0.3 is 9.47 Å². The number of rotatable bonds is 2. The molecule has 3 heteroatoms. The summed E-state index contributed by atoms with van der Waals surface area (Å²) in [6.45, 7) is 4.16. The van der Waals surface area contributed by atoms with E-state index in [4.69, 9.17) is 9.47 Å². The third kappa shape index (κ3) is 2.27. The van der Waals surface area contributed by atoms with Gasteiger partial charge in [0.15, 0.2) is 0 Å². The molecule has 3 fully saturated rings. The van der Waals surface area contributed by atoms with Gasteiger partial charge in [0, 0.05) is 25.7 Å². The lowest BCUT2D eigenvalue weighted by atomic mass is 9.90. The number of ether oxygens (including phenoxy) is 2. The van der Waals surface area contributed by atoms with Crippen LogP contribution in [0.1, 0.15) is 38.5 Å².